The van der Waals surface area contributed by atoms with Gasteiger partial charge in [0.2, 0.25) is 5.91 Å². The summed E-state index contributed by atoms with van der Waals surface area (Å²) in [6.07, 6.45) is 1.15. The topological polar surface area (TPSA) is 61.4 Å². The monoisotopic (exact) mass is 228 g/mol. The van der Waals surface area contributed by atoms with Crippen molar-refractivity contribution < 1.29 is 9.90 Å². The molecule has 3 N–H and O–H groups in total. The van der Waals surface area contributed by atoms with Gasteiger partial charge in [-0.1, -0.05) is 20.8 Å². The van der Waals surface area contributed by atoms with E-state index in [1.807, 2.05) is 0 Å². The molecule has 2 atom stereocenters. The van der Waals surface area contributed by atoms with E-state index in [9.17, 15) is 9.90 Å². The van der Waals surface area contributed by atoms with Gasteiger partial charge in [-0.05, 0) is 11.8 Å². The van der Waals surface area contributed by atoms with Crippen LogP contribution in [0.25, 0.3) is 0 Å². The molecule has 0 aliphatic carbocycles. The van der Waals surface area contributed by atoms with Gasteiger partial charge < -0.3 is 15.7 Å². The number of hydrogen-bond acceptors (Lipinski definition) is 3. The van der Waals surface area contributed by atoms with Gasteiger partial charge in [-0.3, -0.25) is 4.79 Å². The van der Waals surface area contributed by atoms with Crippen molar-refractivity contribution in [2.75, 3.05) is 19.6 Å². The molecule has 1 aliphatic heterocycles. The summed E-state index contributed by atoms with van der Waals surface area (Å²) in [5.74, 6) is 0.257. The zero-order valence-corrected chi connectivity index (χ0v) is 10.5. The van der Waals surface area contributed by atoms with E-state index in [1.54, 1.807) is 0 Å². The van der Waals surface area contributed by atoms with Gasteiger partial charge in [-0.15, -0.1) is 0 Å². The molecular weight excluding hydrogens is 204 g/mol. The van der Waals surface area contributed by atoms with Crippen LogP contribution in [-0.2, 0) is 4.79 Å². The molecule has 1 heterocycles. The quantitative estimate of drug-likeness (QED) is 0.657. The van der Waals surface area contributed by atoms with Gasteiger partial charge in [0.15, 0.2) is 0 Å². The predicted octanol–water partition coefficient (Wildman–Crippen LogP) is 0.509. The molecule has 94 valence electrons. The molecule has 4 nitrogen and oxygen atoms in total. The van der Waals surface area contributed by atoms with Gasteiger partial charge in [0.05, 0.1) is 6.10 Å². The molecule has 1 rings (SSSR count). The minimum atomic E-state index is -0.317. The Balaban J connectivity index is 2.15. The lowest BCUT2D eigenvalue weighted by Crippen LogP contribution is -2.34. The number of rotatable bonds is 4. The van der Waals surface area contributed by atoms with Gasteiger partial charge in [0.25, 0.3) is 0 Å². The third-order valence-corrected chi connectivity index (χ3v) is 2.97. The largest absolute Gasteiger partial charge is 0.391 e. The van der Waals surface area contributed by atoms with Crippen LogP contribution in [0.2, 0.25) is 0 Å². The van der Waals surface area contributed by atoms with Crippen molar-refractivity contribution in [3.05, 3.63) is 0 Å². The van der Waals surface area contributed by atoms with Crippen molar-refractivity contribution in [3.63, 3.8) is 0 Å². The fourth-order valence-electron chi connectivity index (χ4n) is 1.75. The molecule has 0 aromatic rings. The van der Waals surface area contributed by atoms with Gasteiger partial charge in [-0.25, -0.2) is 0 Å². The Labute approximate surface area is 97.8 Å². The number of nitrogens with one attached hydrogen (secondary N) is 2. The van der Waals surface area contributed by atoms with Crippen LogP contribution in [0.15, 0.2) is 0 Å². The van der Waals surface area contributed by atoms with Gasteiger partial charge in [0, 0.05) is 32.0 Å². The van der Waals surface area contributed by atoms with E-state index in [-0.39, 0.29) is 23.3 Å². The second-order valence-electron chi connectivity index (χ2n) is 5.85. The first kappa shape index (κ1) is 13.5. The summed E-state index contributed by atoms with van der Waals surface area (Å²) >= 11 is 0. The molecule has 1 saturated heterocycles. The van der Waals surface area contributed by atoms with Crippen LogP contribution < -0.4 is 10.6 Å². The van der Waals surface area contributed by atoms with Crippen LogP contribution in [0.4, 0.5) is 0 Å². The highest BCUT2D eigenvalue weighted by Gasteiger charge is 2.25. The van der Waals surface area contributed by atoms with Gasteiger partial charge >= 0.3 is 0 Å². The normalized spacial score (nSPS) is 25.8. The van der Waals surface area contributed by atoms with Crippen molar-refractivity contribution in [2.45, 2.75) is 39.7 Å². The summed E-state index contributed by atoms with van der Waals surface area (Å²) in [7, 11) is 0. The number of aliphatic hydroxyl groups is 1. The zero-order chi connectivity index (χ0) is 12.2. The Bertz CT molecular complexity index is 236. The van der Waals surface area contributed by atoms with Crippen LogP contribution >= 0.6 is 0 Å². The molecule has 4 heteroatoms. The highest BCUT2D eigenvalue weighted by atomic mass is 16.3. The summed E-state index contributed by atoms with van der Waals surface area (Å²) in [4.78, 5) is 11.5. The van der Waals surface area contributed by atoms with E-state index < -0.39 is 0 Å². The van der Waals surface area contributed by atoms with Crippen LogP contribution in [0, 0.1) is 11.3 Å². The second kappa shape index (κ2) is 5.64. The van der Waals surface area contributed by atoms with Crippen LogP contribution in [0.3, 0.4) is 0 Å². The van der Waals surface area contributed by atoms with Crippen LogP contribution in [0.1, 0.15) is 33.6 Å². The highest BCUT2D eigenvalue weighted by molar-refractivity contribution is 5.75. The summed E-state index contributed by atoms with van der Waals surface area (Å²) in [6.45, 7) is 8.40. The van der Waals surface area contributed by atoms with Crippen molar-refractivity contribution in [2.24, 2.45) is 11.3 Å². The van der Waals surface area contributed by atoms with Crippen molar-refractivity contribution in [1.29, 1.82) is 0 Å². The van der Waals surface area contributed by atoms with Gasteiger partial charge in [0.1, 0.15) is 0 Å². The molecule has 0 radical (unpaired) electrons. The van der Waals surface area contributed by atoms with Crippen molar-refractivity contribution in [3.8, 4) is 0 Å². The van der Waals surface area contributed by atoms with Crippen LogP contribution in [0.5, 0.6) is 0 Å². The van der Waals surface area contributed by atoms with E-state index in [4.69, 9.17) is 0 Å². The molecular formula is C12H24N2O2. The maximum absolute atomic E-state index is 11.5. The molecule has 1 fully saturated rings. The third-order valence-electron chi connectivity index (χ3n) is 2.97. The molecule has 0 saturated carbocycles. The highest BCUT2D eigenvalue weighted by Crippen LogP contribution is 2.20. The number of hydrogen-bond donors (Lipinski definition) is 3. The van der Waals surface area contributed by atoms with Gasteiger partial charge in [-0.2, -0.15) is 0 Å². The number of carbonyl (C=O) groups excluding carboxylic acids is 1. The fourth-order valence-corrected chi connectivity index (χ4v) is 1.75. The minimum Gasteiger partial charge on any atom is -0.391 e. The second-order valence-corrected chi connectivity index (χ2v) is 5.85. The van der Waals surface area contributed by atoms with E-state index in [0.717, 1.165) is 13.0 Å². The zero-order valence-electron chi connectivity index (χ0n) is 10.5. The standard InChI is InChI=1S/C12H24N2O2/c1-12(2,3)5-4-11(16)14-7-9-6-13-8-10(9)15/h9-10,13,15H,4-8H2,1-3H3,(H,14,16). The Morgan fingerprint density at radius 3 is 2.62 bits per heavy atom. The van der Waals surface area contributed by atoms with Crippen molar-refractivity contribution >= 4 is 5.91 Å². The molecule has 0 bridgehead atoms. The number of carbonyl (C=O) groups is 1. The summed E-state index contributed by atoms with van der Waals surface area (Å²) in [6, 6.07) is 0. The lowest BCUT2D eigenvalue weighted by Gasteiger charge is -2.18. The SMILES string of the molecule is CC(C)(C)CCC(=O)NCC1CNCC1O. The maximum atomic E-state index is 11.5. The van der Waals surface area contributed by atoms with E-state index in [2.05, 4.69) is 31.4 Å². The molecule has 16 heavy (non-hydrogen) atoms. The first-order valence-electron chi connectivity index (χ1n) is 6.04. The fraction of sp³-hybridized carbons (Fsp3) is 0.917. The Morgan fingerprint density at radius 2 is 2.12 bits per heavy atom. The lowest BCUT2D eigenvalue weighted by molar-refractivity contribution is -0.121. The summed E-state index contributed by atoms with van der Waals surface area (Å²) < 4.78 is 0. The third kappa shape index (κ3) is 4.94. The Morgan fingerprint density at radius 1 is 1.44 bits per heavy atom. The average molecular weight is 228 g/mol. The molecule has 0 aromatic carbocycles. The number of β-amino-alcohol motifs (C(OH)–C–C–N with tert-alkyl or cyclic N) is 1. The average Bonchev–Trinajstić information content (AvgIpc) is 2.57. The van der Waals surface area contributed by atoms with Crippen LogP contribution in [-0.4, -0.2) is 36.8 Å². The first-order valence-corrected chi connectivity index (χ1v) is 6.04. The smallest absolute Gasteiger partial charge is 0.220 e. The lowest BCUT2D eigenvalue weighted by atomic mass is 9.90. The number of amides is 1. The van der Waals surface area contributed by atoms with E-state index >= 15 is 0 Å². The summed E-state index contributed by atoms with van der Waals surface area (Å²) in [5.41, 5.74) is 0.200. The summed E-state index contributed by atoms with van der Waals surface area (Å²) in [5, 5.41) is 15.5. The van der Waals surface area contributed by atoms with E-state index in [0.29, 0.717) is 19.5 Å². The van der Waals surface area contributed by atoms with E-state index in [1.165, 1.54) is 0 Å². The first-order chi connectivity index (χ1) is 7.38. The molecule has 2 unspecified atom stereocenters. The molecule has 0 spiro atoms. The molecule has 1 amide bonds. The maximum Gasteiger partial charge on any atom is 0.220 e. The van der Waals surface area contributed by atoms with Crippen molar-refractivity contribution in [1.82, 2.24) is 10.6 Å². The Kier molecular flexibility index (Phi) is 4.74. The Hall–Kier alpha value is -0.610. The predicted molar refractivity (Wildman–Crippen MR) is 64.1 cm³/mol. The minimum absolute atomic E-state index is 0.0917. The molecule has 0 aromatic heterocycles. The molecule has 1 aliphatic rings. The number of aliphatic hydroxyl groups excluding tert-OH is 1.